The Morgan fingerprint density at radius 2 is 2.24 bits per heavy atom. The van der Waals surface area contributed by atoms with Crippen LogP contribution < -0.4 is 5.32 Å². The van der Waals surface area contributed by atoms with Crippen molar-refractivity contribution in [1.29, 1.82) is 0 Å². The van der Waals surface area contributed by atoms with Gasteiger partial charge in [0, 0.05) is 10.4 Å². The smallest absolute Gasteiger partial charge is 0.305 e. The van der Waals surface area contributed by atoms with Gasteiger partial charge >= 0.3 is 5.97 Å². The molecule has 0 aliphatic rings. The molecule has 1 amide bonds. The van der Waals surface area contributed by atoms with Crippen LogP contribution in [0.15, 0.2) is 17.5 Å². The zero-order chi connectivity index (χ0) is 12.9. The molecule has 0 aliphatic carbocycles. The first kappa shape index (κ1) is 13.7. The van der Waals surface area contributed by atoms with Crippen molar-refractivity contribution >= 4 is 23.2 Å². The molecule has 94 valence electrons. The molecule has 5 heteroatoms. The van der Waals surface area contributed by atoms with Crippen molar-refractivity contribution in [3.63, 3.8) is 0 Å². The summed E-state index contributed by atoms with van der Waals surface area (Å²) in [5.74, 6) is -1.02. The van der Waals surface area contributed by atoms with E-state index in [9.17, 15) is 9.59 Å². The maximum atomic E-state index is 11.8. The molecule has 0 saturated carbocycles. The van der Waals surface area contributed by atoms with E-state index in [1.807, 2.05) is 24.4 Å². The van der Waals surface area contributed by atoms with Gasteiger partial charge in [0.15, 0.2) is 0 Å². The second kappa shape index (κ2) is 5.82. The number of hydrogen-bond donors (Lipinski definition) is 2. The zero-order valence-electron chi connectivity index (χ0n) is 10.0. The van der Waals surface area contributed by atoms with Crippen LogP contribution in [0.25, 0.3) is 0 Å². The maximum Gasteiger partial charge on any atom is 0.305 e. The highest BCUT2D eigenvalue weighted by Gasteiger charge is 2.27. The second-order valence-electron chi connectivity index (χ2n) is 4.29. The normalized spacial score (nSPS) is 14.0. The average molecular weight is 255 g/mol. The Labute approximate surface area is 105 Å². The molecule has 1 rings (SSSR count). The predicted molar refractivity (Wildman–Crippen MR) is 67.1 cm³/mol. The van der Waals surface area contributed by atoms with Crippen molar-refractivity contribution in [2.75, 3.05) is 0 Å². The van der Waals surface area contributed by atoms with Crippen LogP contribution >= 0.6 is 11.3 Å². The van der Waals surface area contributed by atoms with Crippen molar-refractivity contribution in [3.8, 4) is 0 Å². The lowest BCUT2D eigenvalue weighted by atomic mass is 9.94. The van der Waals surface area contributed by atoms with E-state index in [0.717, 1.165) is 4.88 Å². The van der Waals surface area contributed by atoms with Gasteiger partial charge in [-0.1, -0.05) is 13.0 Å². The van der Waals surface area contributed by atoms with Gasteiger partial charge in [-0.25, -0.2) is 0 Å². The van der Waals surface area contributed by atoms with Crippen molar-refractivity contribution in [3.05, 3.63) is 22.4 Å². The lowest BCUT2D eigenvalue weighted by Crippen LogP contribution is -2.47. The third kappa shape index (κ3) is 4.56. The first-order chi connectivity index (χ1) is 7.95. The number of thiophene rings is 1. The first-order valence-corrected chi connectivity index (χ1v) is 6.38. The van der Waals surface area contributed by atoms with Crippen molar-refractivity contribution in [2.24, 2.45) is 0 Å². The molecule has 1 atom stereocenters. The first-order valence-electron chi connectivity index (χ1n) is 5.50. The molecule has 1 aromatic rings. The molecule has 0 spiro atoms. The standard InChI is InChI=1S/C12H17NO3S/c1-3-12(2,8-11(15)16)13-10(14)7-9-5-4-6-17-9/h4-6H,3,7-8H2,1-2H3,(H,13,14)(H,15,16)/t12-/m0/s1. The highest BCUT2D eigenvalue weighted by atomic mass is 32.1. The minimum Gasteiger partial charge on any atom is -0.481 e. The third-order valence-corrected chi connectivity index (χ3v) is 3.55. The SMILES string of the molecule is CC[C@@](C)(CC(=O)O)NC(=O)Cc1cccs1. The fourth-order valence-corrected chi connectivity index (χ4v) is 2.25. The number of rotatable bonds is 6. The maximum absolute atomic E-state index is 11.8. The van der Waals surface area contributed by atoms with Crippen molar-refractivity contribution < 1.29 is 14.7 Å². The summed E-state index contributed by atoms with van der Waals surface area (Å²) < 4.78 is 0. The molecule has 0 fully saturated rings. The Balaban J connectivity index is 2.56. The van der Waals surface area contributed by atoms with Gasteiger partial charge in [0.05, 0.1) is 12.8 Å². The summed E-state index contributed by atoms with van der Waals surface area (Å²) in [6.07, 6.45) is 0.849. The Morgan fingerprint density at radius 3 is 2.71 bits per heavy atom. The minimum atomic E-state index is -0.897. The highest BCUT2D eigenvalue weighted by molar-refractivity contribution is 7.10. The molecular weight excluding hydrogens is 238 g/mol. The summed E-state index contributed by atoms with van der Waals surface area (Å²) in [5.41, 5.74) is -0.666. The molecule has 0 radical (unpaired) electrons. The number of carbonyl (C=O) groups excluding carboxylic acids is 1. The van der Waals surface area contributed by atoms with E-state index in [2.05, 4.69) is 5.32 Å². The number of nitrogens with one attached hydrogen (secondary N) is 1. The molecule has 1 heterocycles. The van der Waals surface area contributed by atoms with Gasteiger partial charge in [0.1, 0.15) is 0 Å². The van der Waals surface area contributed by atoms with E-state index < -0.39 is 11.5 Å². The van der Waals surface area contributed by atoms with E-state index in [1.165, 1.54) is 11.3 Å². The topological polar surface area (TPSA) is 66.4 Å². The summed E-state index contributed by atoms with van der Waals surface area (Å²) >= 11 is 1.52. The highest BCUT2D eigenvalue weighted by Crippen LogP contribution is 2.15. The van der Waals surface area contributed by atoms with Crippen molar-refractivity contribution in [2.45, 2.75) is 38.6 Å². The van der Waals surface area contributed by atoms with Gasteiger partial charge in [-0.2, -0.15) is 0 Å². The van der Waals surface area contributed by atoms with Crippen LogP contribution in [0, 0.1) is 0 Å². The van der Waals surface area contributed by atoms with E-state index >= 15 is 0 Å². The zero-order valence-corrected chi connectivity index (χ0v) is 10.8. The van der Waals surface area contributed by atoms with Crippen LogP contribution in [0.2, 0.25) is 0 Å². The Morgan fingerprint density at radius 1 is 1.53 bits per heavy atom. The predicted octanol–water partition coefficient (Wildman–Crippen LogP) is 2.05. The van der Waals surface area contributed by atoms with E-state index in [4.69, 9.17) is 5.11 Å². The van der Waals surface area contributed by atoms with E-state index in [0.29, 0.717) is 12.8 Å². The van der Waals surface area contributed by atoms with Gasteiger partial charge in [-0.3, -0.25) is 9.59 Å². The number of carboxylic acid groups (broad SMARTS) is 1. The van der Waals surface area contributed by atoms with Crippen LogP contribution in [0.3, 0.4) is 0 Å². The third-order valence-electron chi connectivity index (χ3n) is 2.68. The fourth-order valence-electron chi connectivity index (χ4n) is 1.54. The van der Waals surface area contributed by atoms with Crippen LogP contribution in [-0.2, 0) is 16.0 Å². The average Bonchev–Trinajstić information content (AvgIpc) is 2.68. The number of amides is 1. The Hall–Kier alpha value is -1.36. The Kier molecular flexibility index (Phi) is 4.69. The minimum absolute atomic E-state index is 0.0559. The van der Waals surface area contributed by atoms with Crippen LogP contribution in [0.4, 0.5) is 0 Å². The number of aliphatic carboxylic acids is 1. The van der Waals surface area contributed by atoms with Gasteiger partial charge < -0.3 is 10.4 Å². The molecule has 2 N–H and O–H groups in total. The fraction of sp³-hybridized carbons (Fsp3) is 0.500. The molecular formula is C12H17NO3S. The van der Waals surface area contributed by atoms with Gasteiger partial charge in [0.2, 0.25) is 5.91 Å². The summed E-state index contributed by atoms with van der Waals surface area (Å²) in [6.45, 7) is 3.63. The van der Waals surface area contributed by atoms with Gasteiger partial charge in [-0.15, -0.1) is 11.3 Å². The number of carboxylic acids is 1. The van der Waals surface area contributed by atoms with Crippen LogP contribution in [0.5, 0.6) is 0 Å². The van der Waals surface area contributed by atoms with Crippen LogP contribution in [-0.4, -0.2) is 22.5 Å². The molecule has 1 aromatic heterocycles. The van der Waals surface area contributed by atoms with Gasteiger partial charge in [-0.05, 0) is 24.8 Å². The summed E-state index contributed by atoms with van der Waals surface area (Å²) in [5, 5.41) is 13.5. The van der Waals surface area contributed by atoms with Gasteiger partial charge in [0.25, 0.3) is 0 Å². The monoisotopic (exact) mass is 255 g/mol. The van der Waals surface area contributed by atoms with E-state index in [1.54, 1.807) is 6.92 Å². The summed E-state index contributed by atoms with van der Waals surface area (Å²) in [6, 6.07) is 3.79. The number of carbonyl (C=O) groups is 2. The van der Waals surface area contributed by atoms with Crippen molar-refractivity contribution in [1.82, 2.24) is 5.32 Å². The molecule has 0 saturated heterocycles. The van der Waals surface area contributed by atoms with Crippen LogP contribution in [0.1, 0.15) is 31.6 Å². The summed E-state index contributed by atoms with van der Waals surface area (Å²) in [4.78, 5) is 23.5. The summed E-state index contributed by atoms with van der Waals surface area (Å²) in [7, 11) is 0. The molecule has 0 unspecified atom stereocenters. The molecule has 17 heavy (non-hydrogen) atoms. The number of hydrogen-bond acceptors (Lipinski definition) is 3. The molecule has 0 aliphatic heterocycles. The lowest BCUT2D eigenvalue weighted by molar-refractivity contribution is -0.139. The molecule has 0 bridgehead atoms. The lowest BCUT2D eigenvalue weighted by Gasteiger charge is -2.27. The quantitative estimate of drug-likeness (QED) is 0.817. The van der Waals surface area contributed by atoms with E-state index in [-0.39, 0.29) is 12.3 Å². The largest absolute Gasteiger partial charge is 0.481 e. The molecule has 0 aromatic carbocycles. The molecule has 4 nitrogen and oxygen atoms in total. The second-order valence-corrected chi connectivity index (χ2v) is 5.32. The Bertz CT molecular complexity index is 388.